The third kappa shape index (κ3) is 3.31. The molecule has 2 aliphatic rings. The molecule has 0 aromatic heterocycles. The van der Waals surface area contributed by atoms with Gasteiger partial charge in [0.2, 0.25) is 0 Å². The highest BCUT2D eigenvalue weighted by molar-refractivity contribution is 7.86. The van der Waals surface area contributed by atoms with Gasteiger partial charge in [-0.05, 0) is 38.0 Å². The van der Waals surface area contributed by atoms with E-state index in [-0.39, 0.29) is 5.78 Å². The number of carbonyl (C=O) groups is 1. The summed E-state index contributed by atoms with van der Waals surface area (Å²) in [5, 5.41) is 0. The third-order valence-electron chi connectivity index (χ3n) is 4.65. The number of rotatable bonds is 4. The standard InChI is InChI=1S/C16H22FN3O3S/c1-13(21)14-4-5-16(15(17)12-14)18-8-10-20(11-9-18)24(22,23)19-6-2-3-7-19/h4-5,12H,2-3,6-11H2,1H3. The average Bonchev–Trinajstić information content (AvgIpc) is 3.10. The maximum Gasteiger partial charge on any atom is 0.282 e. The average molecular weight is 355 g/mol. The van der Waals surface area contributed by atoms with E-state index in [9.17, 15) is 17.6 Å². The van der Waals surface area contributed by atoms with Crippen LogP contribution < -0.4 is 4.90 Å². The largest absolute Gasteiger partial charge is 0.367 e. The minimum Gasteiger partial charge on any atom is -0.367 e. The quantitative estimate of drug-likeness (QED) is 0.768. The molecule has 2 fully saturated rings. The van der Waals surface area contributed by atoms with Gasteiger partial charge in [0, 0.05) is 44.8 Å². The van der Waals surface area contributed by atoms with Crippen molar-refractivity contribution in [2.45, 2.75) is 19.8 Å². The number of piperazine rings is 1. The predicted molar refractivity (Wildman–Crippen MR) is 89.9 cm³/mol. The zero-order valence-corrected chi connectivity index (χ0v) is 14.6. The summed E-state index contributed by atoms with van der Waals surface area (Å²) in [6.07, 6.45) is 1.82. The van der Waals surface area contributed by atoms with Crippen LogP contribution in [0.5, 0.6) is 0 Å². The summed E-state index contributed by atoms with van der Waals surface area (Å²) < 4.78 is 42.3. The maximum absolute atomic E-state index is 14.2. The van der Waals surface area contributed by atoms with Crippen LogP contribution in [0.15, 0.2) is 18.2 Å². The first-order valence-corrected chi connectivity index (χ1v) is 9.60. The van der Waals surface area contributed by atoms with Gasteiger partial charge in [-0.3, -0.25) is 4.79 Å². The van der Waals surface area contributed by atoms with Crippen molar-refractivity contribution in [2.24, 2.45) is 0 Å². The SMILES string of the molecule is CC(=O)c1ccc(N2CCN(S(=O)(=O)N3CCCC3)CC2)c(F)c1. The monoisotopic (exact) mass is 355 g/mol. The van der Waals surface area contributed by atoms with E-state index < -0.39 is 16.0 Å². The highest BCUT2D eigenvalue weighted by Gasteiger charge is 2.34. The second-order valence-corrected chi connectivity index (χ2v) is 8.15. The van der Waals surface area contributed by atoms with Crippen molar-refractivity contribution in [1.29, 1.82) is 0 Å². The van der Waals surface area contributed by atoms with Crippen LogP contribution in [0.3, 0.4) is 0 Å². The first kappa shape index (κ1) is 17.3. The topological polar surface area (TPSA) is 60.9 Å². The molecule has 2 saturated heterocycles. The first-order valence-electron chi connectivity index (χ1n) is 8.20. The number of anilines is 1. The molecule has 0 atom stereocenters. The molecule has 1 aromatic carbocycles. The molecule has 0 saturated carbocycles. The number of hydrogen-bond donors (Lipinski definition) is 0. The normalized spacial score (nSPS) is 20.5. The van der Waals surface area contributed by atoms with Crippen LogP contribution in [0.25, 0.3) is 0 Å². The van der Waals surface area contributed by atoms with E-state index in [4.69, 9.17) is 0 Å². The van der Waals surface area contributed by atoms with Crippen LogP contribution in [-0.2, 0) is 10.2 Å². The lowest BCUT2D eigenvalue weighted by molar-refractivity contribution is 0.101. The van der Waals surface area contributed by atoms with E-state index in [0.29, 0.717) is 50.5 Å². The van der Waals surface area contributed by atoms with Gasteiger partial charge in [0.05, 0.1) is 5.69 Å². The highest BCUT2D eigenvalue weighted by Crippen LogP contribution is 2.24. The van der Waals surface area contributed by atoms with E-state index in [2.05, 4.69) is 0 Å². The summed E-state index contributed by atoms with van der Waals surface area (Å²) in [6.45, 7) is 4.12. The molecule has 1 aromatic rings. The van der Waals surface area contributed by atoms with Crippen LogP contribution in [-0.4, -0.2) is 62.1 Å². The fraction of sp³-hybridized carbons (Fsp3) is 0.562. The van der Waals surface area contributed by atoms with E-state index in [0.717, 1.165) is 12.8 Å². The Morgan fingerprint density at radius 3 is 2.12 bits per heavy atom. The highest BCUT2D eigenvalue weighted by atomic mass is 32.2. The van der Waals surface area contributed by atoms with Gasteiger partial charge >= 0.3 is 0 Å². The molecule has 0 aliphatic carbocycles. The minimum absolute atomic E-state index is 0.179. The Bertz CT molecular complexity index is 724. The van der Waals surface area contributed by atoms with Crippen molar-refractivity contribution in [1.82, 2.24) is 8.61 Å². The zero-order valence-electron chi connectivity index (χ0n) is 13.7. The number of ketones is 1. The number of benzene rings is 1. The van der Waals surface area contributed by atoms with E-state index >= 15 is 0 Å². The fourth-order valence-electron chi connectivity index (χ4n) is 3.22. The number of carbonyl (C=O) groups excluding carboxylic acids is 1. The van der Waals surface area contributed by atoms with Gasteiger partial charge in [-0.25, -0.2) is 4.39 Å². The molecule has 0 N–H and O–H groups in total. The summed E-state index contributed by atoms with van der Waals surface area (Å²) in [4.78, 5) is 13.1. The Labute approximate surface area is 142 Å². The number of hydrogen-bond acceptors (Lipinski definition) is 4. The van der Waals surface area contributed by atoms with Crippen LogP contribution in [0.2, 0.25) is 0 Å². The van der Waals surface area contributed by atoms with Gasteiger partial charge in [-0.15, -0.1) is 0 Å². The van der Waals surface area contributed by atoms with Crippen LogP contribution in [0.1, 0.15) is 30.1 Å². The van der Waals surface area contributed by atoms with Gasteiger partial charge in [-0.2, -0.15) is 17.0 Å². The van der Waals surface area contributed by atoms with Gasteiger partial charge in [-0.1, -0.05) is 0 Å². The minimum atomic E-state index is -3.39. The molecule has 0 spiro atoms. The van der Waals surface area contributed by atoms with Crippen molar-refractivity contribution in [3.05, 3.63) is 29.6 Å². The van der Waals surface area contributed by atoms with Gasteiger partial charge in [0.15, 0.2) is 5.78 Å². The number of nitrogens with zero attached hydrogens (tertiary/aromatic N) is 3. The molecule has 0 amide bonds. The van der Waals surface area contributed by atoms with Crippen LogP contribution in [0.4, 0.5) is 10.1 Å². The lowest BCUT2D eigenvalue weighted by atomic mass is 10.1. The molecular formula is C16H22FN3O3S. The second-order valence-electron chi connectivity index (χ2n) is 6.22. The lowest BCUT2D eigenvalue weighted by Crippen LogP contribution is -2.52. The predicted octanol–water partition coefficient (Wildman–Crippen LogP) is 1.49. The van der Waals surface area contributed by atoms with Crippen LogP contribution in [0, 0.1) is 5.82 Å². The van der Waals surface area contributed by atoms with E-state index in [1.807, 2.05) is 4.90 Å². The summed E-state index contributed by atoms with van der Waals surface area (Å²) >= 11 is 0. The molecule has 0 radical (unpaired) electrons. The second kappa shape index (κ2) is 6.78. The van der Waals surface area contributed by atoms with Crippen molar-refractivity contribution >= 4 is 21.7 Å². The number of Topliss-reactive ketones (excluding diaryl/α,β-unsaturated/α-hetero) is 1. The maximum atomic E-state index is 14.2. The number of halogens is 1. The zero-order chi connectivity index (χ0) is 17.3. The molecule has 0 unspecified atom stereocenters. The summed E-state index contributed by atoms with van der Waals surface area (Å²) in [5.41, 5.74) is 0.754. The summed E-state index contributed by atoms with van der Waals surface area (Å²) in [6, 6.07) is 4.44. The molecule has 6 nitrogen and oxygen atoms in total. The van der Waals surface area contributed by atoms with Crippen molar-refractivity contribution in [3.63, 3.8) is 0 Å². The van der Waals surface area contributed by atoms with Gasteiger partial charge < -0.3 is 4.90 Å². The van der Waals surface area contributed by atoms with E-state index in [1.165, 1.54) is 21.6 Å². The van der Waals surface area contributed by atoms with Crippen molar-refractivity contribution in [3.8, 4) is 0 Å². The molecule has 2 aliphatic heterocycles. The molecule has 3 rings (SSSR count). The van der Waals surface area contributed by atoms with Gasteiger partial charge in [0.25, 0.3) is 10.2 Å². The third-order valence-corrected chi connectivity index (χ3v) is 6.69. The Hall–Kier alpha value is -1.51. The molecule has 132 valence electrons. The van der Waals surface area contributed by atoms with Crippen molar-refractivity contribution < 1.29 is 17.6 Å². The van der Waals surface area contributed by atoms with E-state index in [1.54, 1.807) is 12.1 Å². The molecule has 0 bridgehead atoms. The molecular weight excluding hydrogens is 333 g/mol. The lowest BCUT2D eigenvalue weighted by Gasteiger charge is -2.37. The molecule has 24 heavy (non-hydrogen) atoms. The smallest absolute Gasteiger partial charge is 0.282 e. The Morgan fingerprint density at radius 1 is 1.00 bits per heavy atom. The first-order chi connectivity index (χ1) is 11.4. The summed E-state index contributed by atoms with van der Waals surface area (Å²) in [7, 11) is -3.39. The Kier molecular flexibility index (Phi) is 4.89. The molecule has 2 heterocycles. The summed E-state index contributed by atoms with van der Waals surface area (Å²) in [5.74, 6) is -0.625. The van der Waals surface area contributed by atoms with Crippen LogP contribution >= 0.6 is 0 Å². The Morgan fingerprint density at radius 2 is 1.58 bits per heavy atom. The molecule has 8 heteroatoms. The van der Waals surface area contributed by atoms with Gasteiger partial charge in [0.1, 0.15) is 5.82 Å². The van der Waals surface area contributed by atoms with Crippen molar-refractivity contribution in [2.75, 3.05) is 44.2 Å². The fourth-order valence-corrected chi connectivity index (χ4v) is 4.90. The Balaban J connectivity index is 1.68.